The van der Waals surface area contributed by atoms with Crippen molar-refractivity contribution in [2.45, 2.75) is 27.2 Å². The zero-order valence-corrected chi connectivity index (χ0v) is 8.10. The van der Waals surface area contributed by atoms with Gasteiger partial charge in [-0.25, -0.2) is 0 Å². The number of alkyl halides is 1. The summed E-state index contributed by atoms with van der Waals surface area (Å²) in [4.78, 5) is 0. The molecule has 1 heteroatoms. The van der Waals surface area contributed by atoms with Crippen LogP contribution in [-0.4, -0.2) is 4.43 Å². The van der Waals surface area contributed by atoms with Gasteiger partial charge in [-0.05, 0) is 18.3 Å². The van der Waals surface area contributed by atoms with Crippen LogP contribution in [0.25, 0.3) is 0 Å². The molecule has 0 saturated carbocycles. The van der Waals surface area contributed by atoms with E-state index in [2.05, 4.69) is 43.4 Å². The molecule has 0 radical (unpaired) electrons. The first kappa shape index (κ1) is 8.73. The van der Waals surface area contributed by atoms with Crippen LogP contribution < -0.4 is 0 Å². The lowest BCUT2D eigenvalue weighted by Gasteiger charge is -2.08. The maximum absolute atomic E-state index is 2.45. The van der Waals surface area contributed by atoms with Crippen molar-refractivity contribution in [3.8, 4) is 0 Å². The molecule has 0 heterocycles. The van der Waals surface area contributed by atoms with E-state index >= 15 is 0 Å². The van der Waals surface area contributed by atoms with Crippen molar-refractivity contribution in [1.29, 1.82) is 0 Å². The van der Waals surface area contributed by atoms with Gasteiger partial charge in [0, 0.05) is 4.43 Å². The Bertz CT molecular complexity index is 50.3. The van der Waals surface area contributed by atoms with E-state index in [-0.39, 0.29) is 0 Å². The van der Waals surface area contributed by atoms with Crippen LogP contribution in [0.5, 0.6) is 0 Å². The van der Waals surface area contributed by atoms with Gasteiger partial charge in [0.25, 0.3) is 0 Å². The topological polar surface area (TPSA) is 0 Å². The third-order valence-electron chi connectivity index (χ3n) is 1.14. The van der Waals surface area contributed by atoms with Gasteiger partial charge in [-0.2, -0.15) is 0 Å². The maximum Gasteiger partial charge on any atom is 0.00211 e. The molecule has 0 amide bonds. The second kappa shape index (κ2) is 4.59. The summed E-state index contributed by atoms with van der Waals surface area (Å²) in [7, 11) is 0. The van der Waals surface area contributed by atoms with E-state index in [1.165, 1.54) is 10.8 Å². The van der Waals surface area contributed by atoms with Crippen LogP contribution >= 0.6 is 22.6 Å². The molecule has 50 valence electrons. The lowest BCUT2D eigenvalue weighted by molar-refractivity contribution is 0.479. The predicted octanol–water partition coefficient (Wildman–Crippen LogP) is 3.10. The van der Waals surface area contributed by atoms with Crippen molar-refractivity contribution < 1.29 is 0 Å². The molecule has 0 saturated heterocycles. The summed E-state index contributed by atoms with van der Waals surface area (Å²) in [6, 6.07) is 0. The SMILES string of the molecule is CC(C)C[C@@H](C)CI. The van der Waals surface area contributed by atoms with Crippen molar-refractivity contribution in [2.24, 2.45) is 11.8 Å². The van der Waals surface area contributed by atoms with Crippen LogP contribution in [0.4, 0.5) is 0 Å². The molecule has 8 heavy (non-hydrogen) atoms. The molecule has 0 fully saturated rings. The van der Waals surface area contributed by atoms with Crippen LogP contribution in [0.2, 0.25) is 0 Å². The quantitative estimate of drug-likeness (QED) is 0.512. The summed E-state index contributed by atoms with van der Waals surface area (Å²) < 4.78 is 1.30. The second-order valence-corrected chi connectivity index (χ2v) is 3.77. The number of hydrogen-bond acceptors (Lipinski definition) is 0. The van der Waals surface area contributed by atoms with Gasteiger partial charge in [0.1, 0.15) is 0 Å². The van der Waals surface area contributed by atoms with Gasteiger partial charge < -0.3 is 0 Å². The minimum atomic E-state index is 0.875. The molecule has 0 N–H and O–H groups in total. The Morgan fingerprint density at radius 1 is 1.25 bits per heavy atom. The molecule has 0 aromatic heterocycles. The van der Waals surface area contributed by atoms with E-state index < -0.39 is 0 Å². The molecule has 0 aliphatic rings. The summed E-state index contributed by atoms with van der Waals surface area (Å²) in [5, 5.41) is 0. The van der Waals surface area contributed by atoms with Gasteiger partial charge in [-0.3, -0.25) is 0 Å². The van der Waals surface area contributed by atoms with Crippen molar-refractivity contribution in [3.63, 3.8) is 0 Å². The number of hydrogen-bond donors (Lipinski definition) is 0. The van der Waals surface area contributed by atoms with Crippen molar-refractivity contribution in [2.75, 3.05) is 4.43 Å². The largest absolute Gasteiger partial charge is 0.0861 e. The lowest BCUT2D eigenvalue weighted by Crippen LogP contribution is -1.99. The van der Waals surface area contributed by atoms with E-state index in [1.807, 2.05) is 0 Å². The molecule has 0 spiro atoms. The number of rotatable bonds is 3. The minimum Gasteiger partial charge on any atom is -0.0861 e. The fourth-order valence-corrected chi connectivity index (χ4v) is 1.23. The highest BCUT2D eigenvalue weighted by Gasteiger charge is 2.00. The first-order valence-electron chi connectivity index (χ1n) is 3.22. The van der Waals surface area contributed by atoms with Crippen molar-refractivity contribution in [3.05, 3.63) is 0 Å². The van der Waals surface area contributed by atoms with E-state index in [9.17, 15) is 0 Å². The molecule has 0 aliphatic carbocycles. The molecule has 0 nitrogen and oxygen atoms in total. The van der Waals surface area contributed by atoms with Crippen LogP contribution in [-0.2, 0) is 0 Å². The molecule has 0 aromatic carbocycles. The minimum absolute atomic E-state index is 0.875. The highest BCUT2D eigenvalue weighted by Crippen LogP contribution is 2.12. The fraction of sp³-hybridized carbons (Fsp3) is 1.00. The Kier molecular flexibility index (Phi) is 5.01. The van der Waals surface area contributed by atoms with Crippen molar-refractivity contribution in [1.82, 2.24) is 0 Å². The van der Waals surface area contributed by atoms with Gasteiger partial charge in [0.15, 0.2) is 0 Å². The summed E-state index contributed by atoms with van der Waals surface area (Å²) in [5.74, 6) is 1.79. The standard InChI is InChI=1S/C7H15I/c1-6(2)4-7(3)5-8/h6-7H,4-5H2,1-3H3/t7-/m1/s1. The Hall–Kier alpha value is 0.730. The van der Waals surface area contributed by atoms with E-state index in [0.29, 0.717) is 0 Å². The highest BCUT2D eigenvalue weighted by molar-refractivity contribution is 14.1. The van der Waals surface area contributed by atoms with E-state index in [1.54, 1.807) is 0 Å². The van der Waals surface area contributed by atoms with Crippen LogP contribution in [0.15, 0.2) is 0 Å². The Morgan fingerprint density at radius 2 is 1.75 bits per heavy atom. The molecule has 0 aromatic rings. The van der Waals surface area contributed by atoms with Gasteiger partial charge in [0.2, 0.25) is 0 Å². The second-order valence-electron chi connectivity index (χ2n) is 2.89. The zero-order chi connectivity index (χ0) is 6.57. The third-order valence-corrected chi connectivity index (χ3v) is 2.64. The Labute approximate surface area is 66.2 Å². The molecule has 1 atom stereocenters. The van der Waals surface area contributed by atoms with Gasteiger partial charge in [0.05, 0.1) is 0 Å². The van der Waals surface area contributed by atoms with Crippen LogP contribution in [0, 0.1) is 11.8 Å². The summed E-state index contributed by atoms with van der Waals surface area (Å²) in [5.41, 5.74) is 0. The normalized spacial score (nSPS) is 14.6. The fourth-order valence-electron chi connectivity index (χ4n) is 0.868. The van der Waals surface area contributed by atoms with Gasteiger partial charge >= 0.3 is 0 Å². The average Bonchev–Trinajstić information content (AvgIpc) is 1.65. The van der Waals surface area contributed by atoms with Crippen LogP contribution in [0.1, 0.15) is 27.2 Å². The van der Waals surface area contributed by atoms with E-state index in [4.69, 9.17) is 0 Å². The van der Waals surface area contributed by atoms with E-state index in [0.717, 1.165) is 11.8 Å². The molecular weight excluding hydrogens is 211 g/mol. The molecule has 0 rings (SSSR count). The molecule has 0 bridgehead atoms. The van der Waals surface area contributed by atoms with Gasteiger partial charge in [-0.15, -0.1) is 0 Å². The highest BCUT2D eigenvalue weighted by atomic mass is 127. The average molecular weight is 226 g/mol. The first-order chi connectivity index (χ1) is 3.66. The monoisotopic (exact) mass is 226 g/mol. The predicted molar refractivity (Wildman–Crippen MR) is 47.5 cm³/mol. The molecule has 0 unspecified atom stereocenters. The lowest BCUT2D eigenvalue weighted by atomic mass is 10.0. The number of halogens is 1. The Morgan fingerprint density at radius 3 is 1.88 bits per heavy atom. The molecule has 0 aliphatic heterocycles. The van der Waals surface area contributed by atoms with Crippen molar-refractivity contribution >= 4 is 22.6 Å². The first-order valence-corrected chi connectivity index (χ1v) is 4.75. The summed E-state index contributed by atoms with van der Waals surface area (Å²) >= 11 is 2.45. The zero-order valence-electron chi connectivity index (χ0n) is 5.95. The van der Waals surface area contributed by atoms with Crippen LogP contribution in [0.3, 0.4) is 0 Å². The summed E-state index contributed by atoms with van der Waals surface area (Å²) in [6.45, 7) is 6.87. The summed E-state index contributed by atoms with van der Waals surface area (Å²) in [6.07, 6.45) is 1.38. The van der Waals surface area contributed by atoms with Gasteiger partial charge in [-0.1, -0.05) is 43.4 Å². The maximum atomic E-state index is 2.45. The third kappa shape index (κ3) is 4.88. The Balaban J connectivity index is 3.10. The smallest absolute Gasteiger partial charge is 0.00211 e. The molecular formula is C7H15I.